The Kier molecular flexibility index (Phi) is 1.49. The first-order chi connectivity index (χ1) is 4.63. The van der Waals surface area contributed by atoms with E-state index in [9.17, 15) is 4.79 Å². The molecule has 0 unspecified atom stereocenters. The molecule has 2 N–H and O–H groups in total. The van der Waals surface area contributed by atoms with E-state index in [2.05, 4.69) is 11.9 Å². The highest BCUT2D eigenvalue weighted by atomic mass is 16.3. The van der Waals surface area contributed by atoms with Crippen molar-refractivity contribution in [3.8, 4) is 0 Å². The number of nitrogens with one attached hydrogen (secondary N) is 1. The number of carbonyl (C=O) groups is 1. The van der Waals surface area contributed by atoms with Crippen LogP contribution in [0.3, 0.4) is 0 Å². The number of hydrogen-bond acceptors (Lipinski definition) is 3. The predicted molar refractivity (Wildman–Crippen MR) is 37.5 cm³/mol. The van der Waals surface area contributed by atoms with Crippen LogP contribution in [0.4, 0.5) is 0 Å². The fourth-order valence-electron chi connectivity index (χ4n) is 0.957. The van der Waals surface area contributed by atoms with Crippen LogP contribution in [-0.4, -0.2) is 17.4 Å². The average molecular weight is 139 g/mol. The normalized spacial score (nSPS) is 17.5. The van der Waals surface area contributed by atoms with Gasteiger partial charge in [0.05, 0.1) is 12.1 Å². The van der Waals surface area contributed by atoms with Gasteiger partial charge in [0.2, 0.25) is 0 Å². The number of rotatable bonds is 1. The number of carbonyl (C=O) groups excluding carboxylic acids is 1. The van der Waals surface area contributed by atoms with Crippen molar-refractivity contribution in [2.24, 2.45) is 0 Å². The molecule has 0 aromatic heterocycles. The molecule has 0 aromatic rings. The molecular formula is C7H9NO2. The Labute approximate surface area is 59.0 Å². The van der Waals surface area contributed by atoms with Gasteiger partial charge in [-0.05, 0) is 6.92 Å². The van der Waals surface area contributed by atoms with Crippen LogP contribution >= 0.6 is 0 Å². The Balaban J connectivity index is 2.99. The topological polar surface area (TPSA) is 49.3 Å². The summed E-state index contributed by atoms with van der Waals surface area (Å²) in [5, 5.41) is 11.8. The van der Waals surface area contributed by atoms with Crippen LogP contribution in [0, 0.1) is 0 Å². The van der Waals surface area contributed by atoms with E-state index in [0.29, 0.717) is 17.8 Å². The Hall–Kier alpha value is -1.25. The second kappa shape index (κ2) is 2.17. The van der Waals surface area contributed by atoms with Crippen molar-refractivity contribution in [2.75, 3.05) is 6.54 Å². The highest BCUT2D eigenvalue weighted by molar-refractivity contribution is 5.98. The molecule has 0 bridgehead atoms. The molecule has 0 amide bonds. The van der Waals surface area contributed by atoms with Crippen LogP contribution in [0.2, 0.25) is 0 Å². The van der Waals surface area contributed by atoms with Crippen molar-refractivity contribution < 1.29 is 9.90 Å². The highest BCUT2D eigenvalue weighted by Crippen LogP contribution is 2.15. The molecule has 1 aliphatic heterocycles. The maximum atomic E-state index is 10.7. The summed E-state index contributed by atoms with van der Waals surface area (Å²) < 4.78 is 0. The van der Waals surface area contributed by atoms with Gasteiger partial charge in [0.15, 0.2) is 5.78 Å². The molecule has 0 saturated carbocycles. The zero-order chi connectivity index (χ0) is 7.72. The minimum Gasteiger partial charge on any atom is -0.510 e. The van der Waals surface area contributed by atoms with Crippen molar-refractivity contribution in [1.29, 1.82) is 0 Å². The molecule has 1 heterocycles. The molecule has 0 aromatic carbocycles. The summed E-state index contributed by atoms with van der Waals surface area (Å²) in [5.41, 5.74) is 0.852. The number of aliphatic hydroxyl groups excluding tert-OH is 1. The van der Waals surface area contributed by atoms with E-state index in [-0.39, 0.29) is 11.5 Å². The minimum atomic E-state index is -0.146. The van der Waals surface area contributed by atoms with Crippen molar-refractivity contribution in [1.82, 2.24) is 5.32 Å². The lowest BCUT2D eigenvalue weighted by Crippen LogP contribution is -2.07. The van der Waals surface area contributed by atoms with E-state index in [1.807, 2.05) is 0 Å². The number of allylic oxidation sites excluding steroid dienone is 1. The van der Waals surface area contributed by atoms with E-state index in [4.69, 9.17) is 5.11 Å². The first kappa shape index (κ1) is 6.86. The molecule has 0 fully saturated rings. The summed E-state index contributed by atoms with van der Waals surface area (Å²) >= 11 is 0. The van der Waals surface area contributed by atoms with Crippen LogP contribution in [0.1, 0.15) is 6.92 Å². The van der Waals surface area contributed by atoms with Crippen molar-refractivity contribution in [3.05, 3.63) is 23.6 Å². The van der Waals surface area contributed by atoms with Crippen molar-refractivity contribution >= 4 is 5.78 Å². The van der Waals surface area contributed by atoms with Gasteiger partial charge < -0.3 is 10.4 Å². The summed E-state index contributed by atoms with van der Waals surface area (Å²) in [6.45, 7) is 5.29. The predicted octanol–water partition coefficient (Wildman–Crippen LogP) is 0.504. The summed E-state index contributed by atoms with van der Waals surface area (Å²) in [7, 11) is 0. The van der Waals surface area contributed by atoms with E-state index in [1.165, 1.54) is 6.92 Å². The lowest BCUT2D eigenvalue weighted by molar-refractivity contribution is -0.113. The smallest absolute Gasteiger partial charge is 0.165 e. The van der Waals surface area contributed by atoms with Crippen LogP contribution in [0.15, 0.2) is 23.6 Å². The summed E-state index contributed by atoms with van der Waals surface area (Å²) in [5.74, 6) is -0.0509. The first-order valence-electron chi connectivity index (χ1n) is 2.99. The molecule has 1 aliphatic rings. The van der Waals surface area contributed by atoms with Gasteiger partial charge in [-0.3, -0.25) is 4.79 Å². The molecule has 0 aliphatic carbocycles. The fourth-order valence-corrected chi connectivity index (χ4v) is 0.957. The quantitative estimate of drug-likeness (QED) is 0.556. The summed E-state index contributed by atoms with van der Waals surface area (Å²) in [4.78, 5) is 10.7. The van der Waals surface area contributed by atoms with E-state index >= 15 is 0 Å². The molecule has 0 saturated heterocycles. The van der Waals surface area contributed by atoms with E-state index < -0.39 is 0 Å². The SMILES string of the molecule is C=C1NCC(O)=C1C(C)=O. The first-order valence-corrected chi connectivity index (χ1v) is 2.99. The monoisotopic (exact) mass is 139 g/mol. The summed E-state index contributed by atoms with van der Waals surface area (Å²) in [6, 6.07) is 0. The Morgan fingerprint density at radius 1 is 1.80 bits per heavy atom. The zero-order valence-electron chi connectivity index (χ0n) is 5.77. The molecule has 0 spiro atoms. The average Bonchev–Trinajstić information content (AvgIpc) is 2.11. The van der Waals surface area contributed by atoms with Gasteiger partial charge in [-0.15, -0.1) is 0 Å². The molecule has 10 heavy (non-hydrogen) atoms. The third kappa shape index (κ3) is 0.900. The molecule has 0 atom stereocenters. The van der Waals surface area contributed by atoms with Crippen molar-refractivity contribution in [3.63, 3.8) is 0 Å². The molecule has 54 valence electrons. The van der Waals surface area contributed by atoms with Gasteiger partial charge in [-0.1, -0.05) is 6.58 Å². The molecule has 3 heteroatoms. The van der Waals surface area contributed by atoms with E-state index in [0.717, 1.165) is 0 Å². The number of aliphatic hydroxyl groups is 1. The van der Waals surface area contributed by atoms with Gasteiger partial charge >= 0.3 is 0 Å². The van der Waals surface area contributed by atoms with Gasteiger partial charge in [0, 0.05) is 5.70 Å². The fraction of sp³-hybridized carbons (Fsp3) is 0.286. The molecule has 3 nitrogen and oxygen atoms in total. The molecule has 1 rings (SSSR count). The largest absolute Gasteiger partial charge is 0.510 e. The second-order valence-corrected chi connectivity index (χ2v) is 2.21. The maximum Gasteiger partial charge on any atom is 0.165 e. The Morgan fingerprint density at radius 3 is 2.60 bits per heavy atom. The summed E-state index contributed by atoms with van der Waals surface area (Å²) in [6.07, 6.45) is 0. The van der Waals surface area contributed by atoms with Gasteiger partial charge in [-0.2, -0.15) is 0 Å². The molecular weight excluding hydrogens is 130 g/mol. The second-order valence-electron chi connectivity index (χ2n) is 2.21. The third-order valence-electron chi connectivity index (χ3n) is 1.41. The number of ketones is 1. The van der Waals surface area contributed by atoms with Crippen molar-refractivity contribution in [2.45, 2.75) is 6.92 Å². The third-order valence-corrected chi connectivity index (χ3v) is 1.41. The van der Waals surface area contributed by atoms with Gasteiger partial charge in [0.1, 0.15) is 5.76 Å². The number of hydrogen-bond donors (Lipinski definition) is 2. The van der Waals surface area contributed by atoms with Gasteiger partial charge in [0.25, 0.3) is 0 Å². The minimum absolute atomic E-state index is 0.0949. The van der Waals surface area contributed by atoms with Crippen LogP contribution < -0.4 is 5.32 Å². The lowest BCUT2D eigenvalue weighted by Gasteiger charge is -1.96. The molecule has 0 radical (unpaired) electrons. The van der Waals surface area contributed by atoms with E-state index in [1.54, 1.807) is 0 Å². The van der Waals surface area contributed by atoms with Crippen LogP contribution in [0.25, 0.3) is 0 Å². The Morgan fingerprint density at radius 2 is 2.40 bits per heavy atom. The lowest BCUT2D eigenvalue weighted by atomic mass is 10.1. The maximum absolute atomic E-state index is 10.7. The Bertz CT molecular complexity index is 228. The van der Waals surface area contributed by atoms with Gasteiger partial charge in [-0.25, -0.2) is 0 Å². The highest BCUT2D eigenvalue weighted by Gasteiger charge is 2.19. The van der Waals surface area contributed by atoms with Crippen LogP contribution in [-0.2, 0) is 4.79 Å². The number of Topliss-reactive ketones (excluding diaryl/α,β-unsaturated/α-hetero) is 1. The standard InChI is InChI=1S/C7H9NO2/c1-4-7(5(2)9)6(10)3-8-4/h8,10H,1,3H2,2H3. The van der Waals surface area contributed by atoms with Crippen LogP contribution in [0.5, 0.6) is 0 Å². The zero-order valence-corrected chi connectivity index (χ0v) is 5.77.